The second-order valence-electron chi connectivity index (χ2n) is 13.6. The van der Waals surface area contributed by atoms with E-state index in [1.165, 1.54) is 32.1 Å². The molecule has 0 aliphatic carbocycles. The fourth-order valence-electron chi connectivity index (χ4n) is 4.68. The van der Waals surface area contributed by atoms with E-state index in [2.05, 4.69) is 62.5 Å². The highest BCUT2D eigenvalue weighted by molar-refractivity contribution is 7.47. The van der Waals surface area contributed by atoms with Gasteiger partial charge in [0.15, 0.2) is 0 Å². The number of hydrogen-bond donors (Lipinski definition) is 1. The molecule has 0 radical (unpaired) electrons. The van der Waals surface area contributed by atoms with E-state index in [4.69, 9.17) is 18.5 Å². The van der Waals surface area contributed by atoms with Crippen LogP contribution >= 0.6 is 7.82 Å². The van der Waals surface area contributed by atoms with E-state index in [1.807, 2.05) is 21.1 Å². The van der Waals surface area contributed by atoms with Crippen molar-refractivity contribution in [2.45, 2.75) is 142 Å². The summed E-state index contributed by atoms with van der Waals surface area (Å²) >= 11 is 0. The molecule has 48 heavy (non-hydrogen) atoms. The third-order valence-electron chi connectivity index (χ3n) is 7.61. The zero-order valence-electron chi connectivity index (χ0n) is 31.5. The monoisotopic (exact) mass is 699 g/mol. The minimum Gasteiger partial charge on any atom is -0.457 e. The summed E-state index contributed by atoms with van der Waals surface area (Å²) in [7, 11) is 1.64. The molecule has 0 saturated carbocycles. The van der Waals surface area contributed by atoms with E-state index >= 15 is 0 Å². The van der Waals surface area contributed by atoms with Crippen molar-refractivity contribution in [1.29, 1.82) is 0 Å². The van der Waals surface area contributed by atoms with Crippen LogP contribution < -0.4 is 0 Å². The molecule has 0 spiro atoms. The second-order valence-corrected chi connectivity index (χ2v) is 15.0. The van der Waals surface area contributed by atoms with E-state index in [0.29, 0.717) is 24.1 Å². The summed E-state index contributed by atoms with van der Waals surface area (Å²) in [5.41, 5.74) is 0. The zero-order chi connectivity index (χ0) is 35.6. The summed E-state index contributed by atoms with van der Waals surface area (Å²) in [6.07, 6.45) is 37.1. The van der Waals surface area contributed by atoms with Gasteiger partial charge in [-0.05, 0) is 64.2 Å². The van der Waals surface area contributed by atoms with Gasteiger partial charge in [-0.1, -0.05) is 114 Å². The van der Waals surface area contributed by atoms with Crippen LogP contribution in [0, 0.1) is 0 Å². The fourth-order valence-corrected chi connectivity index (χ4v) is 5.43. The minimum atomic E-state index is -4.27. The highest BCUT2D eigenvalue weighted by Gasteiger charge is 2.26. The Hall–Kier alpha value is -1.54. The number of ether oxygens (including phenoxy) is 2. The van der Waals surface area contributed by atoms with Crippen molar-refractivity contribution in [3.8, 4) is 0 Å². The standard InChI is InChI=1S/C39H72NO7P/c1-6-8-10-12-14-16-18-19-20-21-22-23-25-27-29-31-34-44-36-38(37-46-48(42,43)45-35-33-40(3,4)5)47-39(41)32-30-28-26-24-17-15-13-11-9-7-2/h8,10-11,13-14,16,19-20,38H,6-7,9,12,15,17-18,21-37H2,1-5H3/p+1/b10-8-,13-11-,16-14-,20-19-. The van der Waals surface area contributed by atoms with Crippen molar-refractivity contribution in [3.63, 3.8) is 0 Å². The molecule has 0 fully saturated rings. The van der Waals surface area contributed by atoms with Crippen molar-refractivity contribution in [3.05, 3.63) is 48.6 Å². The molecule has 0 aromatic carbocycles. The first-order chi connectivity index (χ1) is 23.1. The number of phosphoric acid groups is 1. The van der Waals surface area contributed by atoms with Gasteiger partial charge in [-0.3, -0.25) is 13.8 Å². The first-order valence-electron chi connectivity index (χ1n) is 18.9. The van der Waals surface area contributed by atoms with Crippen LogP contribution in [0.15, 0.2) is 48.6 Å². The average molecular weight is 699 g/mol. The number of carbonyl (C=O) groups is 1. The minimum absolute atomic E-state index is 0.0823. The lowest BCUT2D eigenvalue weighted by molar-refractivity contribution is -0.870. The molecule has 0 saturated heterocycles. The Morgan fingerprint density at radius 1 is 0.667 bits per heavy atom. The van der Waals surface area contributed by atoms with Crippen molar-refractivity contribution >= 4 is 13.8 Å². The Bertz CT molecular complexity index is 911. The number of allylic oxidation sites excluding steroid dienone is 8. The third kappa shape index (κ3) is 35.8. The van der Waals surface area contributed by atoms with Crippen LogP contribution in [0.5, 0.6) is 0 Å². The van der Waals surface area contributed by atoms with Crippen molar-refractivity contribution < 1.29 is 37.3 Å². The highest BCUT2D eigenvalue weighted by Crippen LogP contribution is 2.43. The smallest absolute Gasteiger partial charge is 0.457 e. The number of unbranched alkanes of at least 4 members (excludes halogenated alkanes) is 12. The lowest BCUT2D eigenvalue weighted by Gasteiger charge is -2.24. The molecular formula is C39H73NO7P+. The van der Waals surface area contributed by atoms with Crippen LogP contribution in [0.3, 0.4) is 0 Å². The van der Waals surface area contributed by atoms with Crippen LogP contribution in [-0.4, -0.2) is 75.6 Å². The van der Waals surface area contributed by atoms with Crippen LogP contribution in [0.4, 0.5) is 0 Å². The fraction of sp³-hybridized carbons (Fsp3) is 0.769. The van der Waals surface area contributed by atoms with Gasteiger partial charge in [-0.25, -0.2) is 4.57 Å². The maximum atomic E-state index is 12.6. The van der Waals surface area contributed by atoms with Gasteiger partial charge in [0, 0.05) is 13.0 Å². The Kier molecular flexibility index (Phi) is 31.6. The number of hydrogen-bond acceptors (Lipinski definition) is 6. The molecule has 0 amide bonds. The van der Waals surface area contributed by atoms with E-state index in [-0.39, 0.29) is 25.8 Å². The predicted octanol–water partition coefficient (Wildman–Crippen LogP) is 10.4. The molecule has 9 heteroatoms. The molecule has 0 rings (SSSR count). The number of esters is 1. The topological polar surface area (TPSA) is 91.3 Å². The Morgan fingerprint density at radius 2 is 1.21 bits per heavy atom. The van der Waals surface area contributed by atoms with Crippen molar-refractivity contribution in [2.24, 2.45) is 0 Å². The van der Waals surface area contributed by atoms with Gasteiger partial charge >= 0.3 is 13.8 Å². The molecule has 0 bridgehead atoms. The molecule has 2 unspecified atom stereocenters. The molecule has 0 aromatic rings. The SMILES string of the molecule is CC/C=C\C/C=C\C/C=C\CCCCCCCCOCC(COP(=O)(O)OCC[N+](C)(C)C)OC(=O)CCCCCCC/C=C\CCC. The molecular weight excluding hydrogens is 625 g/mol. The van der Waals surface area contributed by atoms with Crippen LogP contribution in [0.25, 0.3) is 0 Å². The molecule has 0 heterocycles. The van der Waals surface area contributed by atoms with Crippen molar-refractivity contribution in [1.82, 2.24) is 0 Å². The van der Waals surface area contributed by atoms with Gasteiger partial charge in [-0.15, -0.1) is 0 Å². The predicted molar refractivity (Wildman–Crippen MR) is 201 cm³/mol. The van der Waals surface area contributed by atoms with Gasteiger partial charge in [0.1, 0.15) is 19.3 Å². The number of rotatable bonds is 34. The van der Waals surface area contributed by atoms with Gasteiger partial charge < -0.3 is 18.9 Å². The van der Waals surface area contributed by atoms with E-state index in [1.54, 1.807) is 0 Å². The number of phosphoric ester groups is 1. The Labute approximate surface area is 295 Å². The normalized spacial score (nSPS) is 14.5. The highest BCUT2D eigenvalue weighted by atomic mass is 31.2. The number of nitrogens with zero attached hydrogens (tertiary/aromatic N) is 1. The van der Waals surface area contributed by atoms with Gasteiger partial charge in [0.2, 0.25) is 0 Å². The molecule has 0 aliphatic rings. The van der Waals surface area contributed by atoms with Gasteiger partial charge in [0.05, 0.1) is 34.4 Å². The second kappa shape index (κ2) is 32.7. The van der Waals surface area contributed by atoms with Crippen molar-refractivity contribution in [2.75, 3.05) is 54.1 Å². The molecule has 1 N–H and O–H groups in total. The van der Waals surface area contributed by atoms with Crippen LogP contribution in [0.1, 0.15) is 136 Å². The lowest BCUT2D eigenvalue weighted by atomic mass is 10.1. The molecule has 8 nitrogen and oxygen atoms in total. The quantitative estimate of drug-likeness (QED) is 0.0235. The molecule has 2 atom stereocenters. The molecule has 0 aromatic heterocycles. The summed E-state index contributed by atoms with van der Waals surface area (Å²) < 4.78 is 34.8. The first kappa shape index (κ1) is 46.5. The zero-order valence-corrected chi connectivity index (χ0v) is 32.4. The number of likely N-dealkylation sites (N-methyl/N-ethyl adjacent to an activating group) is 1. The van der Waals surface area contributed by atoms with Crippen LogP contribution in [0.2, 0.25) is 0 Å². The number of carbonyl (C=O) groups excluding carboxylic acids is 1. The Balaban J connectivity index is 4.32. The first-order valence-corrected chi connectivity index (χ1v) is 20.4. The molecule has 280 valence electrons. The van der Waals surface area contributed by atoms with Gasteiger partial charge in [-0.2, -0.15) is 0 Å². The maximum Gasteiger partial charge on any atom is 0.472 e. The van der Waals surface area contributed by atoms with Gasteiger partial charge in [0.25, 0.3) is 0 Å². The summed E-state index contributed by atoms with van der Waals surface area (Å²) in [5, 5.41) is 0. The number of quaternary nitrogens is 1. The summed E-state index contributed by atoms with van der Waals surface area (Å²) in [5.74, 6) is -0.334. The van der Waals surface area contributed by atoms with E-state index < -0.39 is 13.9 Å². The van der Waals surface area contributed by atoms with E-state index in [9.17, 15) is 14.3 Å². The summed E-state index contributed by atoms with van der Waals surface area (Å²) in [6, 6.07) is 0. The maximum absolute atomic E-state index is 12.6. The van der Waals surface area contributed by atoms with E-state index in [0.717, 1.165) is 83.5 Å². The van der Waals surface area contributed by atoms with Crippen LogP contribution in [-0.2, 0) is 27.9 Å². The summed E-state index contributed by atoms with van der Waals surface area (Å²) in [6.45, 7) is 5.38. The molecule has 0 aliphatic heterocycles. The summed E-state index contributed by atoms with van der Waals surface area (Å²) in [4.78, 5) is 22.7. The third-order valence-corrected chi connectivity index (χ3v) is 8.59. The largest absolute Gasteiger partial charge is 0.472 e. The lowest BCUT2D eigenvalue weighted by Crippen LogP contribution is -2.37. The Morgan fingerprint density at radius 3 is 1.83 bits per heavy atom. The average Bonchev–Trinajstić information content (AvgIpc) is 3.03.